The number of amides is 2. The van der Waals surface area contributed by atoms with E-state index in [0.29, 0.717) is 19.6 Å². The van der Waals surface area contributed by atoms with Crippen molar-refractivity contribution in [2.45, 2.75) is 37.6 Å². The van der Waals surface area contributed by atoms with Crippen molar-refractivity contribution in [3.8, 4) is 11.1 Å². The number of benzene rings is 2. The predicted molar refractivity (Wildman–Crippen MR) is 130 cm³/mol. The van der Waals surface area contributed by atoms with Gasteiger partial charge < -0.3 is 24.8 Å². The number of carboxylic acid groups (broad SMARTS) is 1. The van der Waals surface area contributed by atoms with Crippen molar-refractivity contribution in [2.75, 3.05) is 33.4 Å². The van der Waals surface area contributed by atoms with E-state index in [9.17, 15) is 19.5 Å². The molecule has 1 fully saturated rings. The SMILES string of the molecule is CC(CCC(=O)N(C)C1(C(=O)O)CCOC1)CNC(=O)OCC1c2ccccc2-c2ccccc21. The number of hydrogen-bond acceptors (Lipinski definition) is 5. The van der Waals surface area contributed by atoms with Gasteiger partial charge in [0.25, 0.3) is 0 Å². The highest BCUT2D eigenvalue weighted by atomic mass is 16.5. The first-order valence-electron chi connectivity index (χ1n) is 12.0. The lowest BCUT2D eigenvalue weighted by molar-refractivity contribution is -0.157. The summed E-state index contributed by atoms with van der Waals surface area (Å²) >= 11 is 0. The molecule has 2 aliphatic rings. The van der Waals surface area contributed by atoms with Crippen LogP contribution in [0, 0.1) is 5.92 Å². The van der Waals surface area contributed by atoms with Gasteiger partial charge >= 0.3 is 12.1 Å². The van der Waals surface area contributed by atoms with Crippen LogP contribution in [0.2, 0.25) is 0 Å². The van der Waals surface area contributed by atoms with Crippen LogP contribution in [-0.2, 0) is 19.1 Å². The Kier molecular flexibility index (Phi) is 7.40. The van der Waals surface area contributed by atoms with Crippen LogP contribution in [0.25, 0.3) is 11.1 Å². The zero-order valence-electron chi connectivity index (χ0n) is 20.2. The molecule has 2 amide bonds. The Bertz CT molecular complexity index is 1050. The van der Waals surface area contributed by atoms with E-state index in [1.807, 2.05) is 31.2 Å². The third-order valence-electron chi connectivity index (χ3n) is 7.20. The maximum absolute atomic E-state index is 12.6. The van der Waals surface area contributed by atoms with Gasteiger partial charge in [0.15, 0.2) is 5.54 Å². The summed E-state index contributed by atoms with van der Waals surface area (Å²) in [4.78, 5) is 38.0. The molecule has 35 heavy (non-hydrogen) atoms. The first-order valence-corrected chi connectivity index (χ1v) is 12.0. The van der Waals surface area contributed by atoms with Crippen LogP contribution in [0.3, 0.4) is 0 Å². The number of aliphatic carboxylic acids is 1. The van der Waals surface area contributed by atoms with Crippen molar-refractivity contribution in [1.29, 1.82) is 0 Å². The van der Waals surface area contributed by atoms with Crippen molar-refractivity contribution in [3.63, 3.8) is 0 Å². The standard InChI is InChI=1S/C27H32N2O6/c1-18(11-12-24(30)29(2)27(25(31)32)13-14-34-17-27)15-28-26(33)35-16-23-21-9-5-3-7-19(21)20-8-4-6-10-22(20)23/h3-10,18,23H,11-17H2,1-2H3,(H,28,33)(H,31,32). The van der Waals surface area contributed by atoms with Crippen molar-refractivity contribution in [2.24, 2.45) is 5.92 Å². The van der Waals surface area contributed by atoms with Gasteiger partial charge in [-0.2, -0.15) is 0 Å². The second kappa shape index (κ2) is 10.5. The highest BCUT2D eigenvalue weighted by molar-refractivity contribution is 5.87. The minimum Gasteiger partial charge on any atom is -0.479 e. The number of ether oxygens (including phenoxy) is 2. The van der Waals surface area contributed by atoms with E-state index in [1.54, 1.807) is 0 Å². The number of rotatable bonds is 9. The average molecular weight is 481 g/mol. The summed E-state index contributed by atoms with van der Waals surface area (Å²) in [5.41, 5.74) is 3.37. The Morgan fingerprint density at radius 1 is 1.14 bits per heavy atom. The summed E-state index contributed by atoms with van der Waals surface area (Å²) in [5, 5.41) is 12.4. The van der Waals surface area contributed by atoms with Gasteiger partial charge in [-0.15, -0.1) is 0 Å². The molecule has 2 unspecified atom stereocenters. The summed E-state index contributed by atoms with van der Waals surface area (Å²) in [6.45, 7) is 2.87. The van der Waals surface area contributed by atoms with Crippen molar-refractivity contribution in [1.82, 2.24) is 10.2 Å². The molecular formula is C27H32N2O6. The Balaban J connectivity index is 1.23. The summed E-state index contributed by atoms with van der Waals surface area (Å²) < 4.78 is 10.8. The Labute approximate surface area is 205 Å². The van der Waals surface area contributed by atoms with Gasteiger partial charge in [-0.1, -0.05) is 55.5 Å². The molecule has 8 nitrogen and oxygen atoms in total. The lowest BCUT2D eigenvalue weighted by Crippen LogP contribution is -2.56. The van der Waals surface area contributed by atoms with Crippen molar-refractivity contribution >= 4 is 18.0 Å². The molecule has 1 aliphatic heterocycles. The summed E-state index contributed by atoms with van der Waals surface area (Å²) in [5.74, 6) is -1.27. The second-order valence-corrected chi connectivity index (χ2v) is 9.44. The van der Waals surface area contributed by atoms with Crippen LogP contribution >= 0.6 is 0 Å². The van der Waals surface area contributed by atoms with E-state index in [4.69, 9.17) is 9.47 Å². The van der Waals surface area contributed by atoms with Crippen LogP contribution in [0.5, 0.6) is 0 Å². The molecule has 0 bridgehead atoms. The third-order valence-corrected chi connectivity index (χ3v) is 7.20. The molecular weight excluding hydrogens is 448 g/mol. The summed E-state index contributed by atoms with van der Waals surface area (Å²) in [7, 11) is 1.52. The number of carbonyl (C=O) groups is 3. The van der Waals surface area contributed by atoms with Crippen molar-refractivity contribution in [3.05, 3.63) is 59.7 Å². The first kappa shape index (κ1) is 24.7. The second-order valence-electron chi connectivity index (χ2n) is 9.44. The van der Waals surface area contributed by atoms with E-state index in [1.165, 1.54) is 23.1 Å². The maximum Gasteiger partial charge on any atom is 0.407 e. The highest BCUT2D eigenvalue weighted by Gasteiger charge is 2.48. The van der Waals surface area contributed by atoms with Crippen LogP contribution in [-0.4, -0.2) is 66.9 Å². The summed E-state index contributed by atoms with van der Waals surface area (Å²) in [6.07, 6.45) is 0.501. The molecule has 2 aromatic rings. The van der Waals surface area contributed by atoms with Gasteiger partial charge in [0.1, 0.15) is 6.61 Å². The highest BCUT2D eigenvalue weighted by Crippen LogP contribution is 2.44. The zero-order valence-corrected chi connectivity index (χ0v) is 20.2. The zero-order chi connectivity index (χ0) is 25.0. The molecule has 0 aromatic heterocycles. The number of fused-ring (bicyclic) bond motifs is 3. The largest absolute Gasteiger partial charge is 0.479 e. The quantitative estimate of drug-likeness (QED) is 0.568. The van der Waals surface area contributed by atoms with Crippen LogP contribution in [0.4, 0.5) is 4.79 Å². The van der Waals surface area contributed by atoms with E-state index in [-0.39, 0.29) is 43.8 Å². The number of hydrogen-bond donors (Lipinski definition) is 2. The molecule has 4 rings (SSSR count). The molecule has 186 valence electrons. The third kappa shape index (κ3) is 5.03. The normalized spacial score (nSPS) is 19.5. The number of likely N-dealkylation sites (N-methyl/N-ethyl adjacent to an activating group) is 1. The lowest BCUT2D eigenvalue weighted by atomic mass is 9.95. The minimum absolute atomic E-state index is 0.000134. The topological polar surface area (TPSA) is 105 Å². The molecule has 2 N–H and O–H groups in total. The maximum atomic E-state index is 12.6. The van der Waals surface area contributed by atoms with E-state index < -0.39 is 17.6 Å². The molecule has 2 atom stereocenters. The predicted octanol–water partition coefficient (Wildman–Crippen LogP) is 3.64. The van der Waals surface area contributed by atoms with Crippen molar-refractivity contribution < 1.29 is 29.0 Å². The minimum atomic E-state index is -1.29. The van der Waals surface area contributed by atoms with Crippen LogP contribution in [0.15, 0.2) is 48.5 Å². The van der Waals surface area contributed by atoms with E-state index in [0.717, 1.165) is 11.1 Å². The Hall–Kier alpha value is -3.39. The van der Waals surface area contributed by atoms with Gasteiger partial charge in [-0.25, -0.2) is 9.59 Å². The molecule has 1 aliphatic carbocycles. The number of alkyl carbamates (subject to hydrolysis) is 1. The molecule has 0 radical (unpaired) electrons. The molecule has 1 saturated heterocycles. The van der Waals surface area contributed by atoms with Gasteiger partial charge in [0, 0.05) is 39.0 Å². The molecule has 2 aromatic carbocycles. The number of nitrogens with one attached hydrogen (secondary N) is 1. The van der Waals surface area contributed by atoms with Crippen LogP contribution in [0.1, 0.15) is 43.2 Å². The fourth-order valence-corrected chi connectivity index (χ4v) is 4.92. The Morgan fingerprint density at radius 2 is 1.77 bits per heavy atom. The number of nitrogens with zero attached hydrogens (tertiary/aromatic N) is 1. The van der Waals surface area contributed by atoms with Crippen LogP contribution < -0.4 is 5.32 Å². The summed E-state index contributed by atoms with van der Waals surface area (Å²) in [6, 6.07) is 16.3. The number of carboxylic acids is 1. The molecule has 0 spiro atoms. The molecule has 8 heteroatoms. The number of carbonyl (C=O) groups excluding carboxylic acids is 2. The monoisotopic (exact) mass is 480 g/mol. The average Bonchev–Trinajstić information content (AvgIpc) is 3.49. The smallest absolute Gasteiger partial charge is 0.407 e. The van der Waals surface area contributed by atoms with Gasteiger partial charge in [0.05, 0.1) is 6.61 Å². The fraction of sp³-hybridized carbons (Fsp3) is 0.444. The van der Waals surface area contributed by atoms with E-state index in [2.05, 4.69) is 29.6 Å². The fourth-order valence-electron chi connectivity index (χ4n) is 4.92. The van der Waals surface area contributed by atoms with Gasteiger partial charge in [-0.3, -0.25) is 4.79 Å². The lowest BCUT2D eigenvalue weighted by Gasteiger charge is -2.33. The molecule has 0 saturated carbocycles. The first-order chi connectivity index (χ1) is 16.8. The molecule has 1 heterocycles. The van der Waals surface area contributed by atoms with Gasteiger partial charge in [-0.05, 0) is 34.6 Å². The van der Waals surface area contributed by atoms with Gasteiger partial charge in [0.2, 0.25) is 5.91 Å². The Morgan fingerprint density at radius 3 is 2.34 bits per heavy atom. The van der Waals surface area contributed by atoms with E-state index >= 15 is 0 Å².